The van der Waals surface area contributed by atoms with Crippen LogP contribution in [-0.4, -0.2) is 13.1 Å². The quantitative estimate of drug-likeness (QED) is 0.780. The fourth-order valence-electron chi connectivity index (χ4n) is 1.46. The lowest BCUT2D eigenvalue weighted by Gasteiger charge is -2.06. The molecule has 94 valence electrons. The molecule has 0 heterocycles. The Morgan fingerprint density at radius 2 is 1.76 bits per heavy atom. The summed E-state index contributed by atoms with van der Waals surface area (Å²) < 4.78 is 38.7. The van der Waals surface area contributed by atoms with Gasteiger partial charge in [-0.2, -0.15) is 0 Å². The summed E-state index contributed by atoms with van der Waals surface area (Å²) in [6.45, 7) is 5.42. The summed E-state index contributed by atoms with van der Waals surface area (Å²) in [5.74, 6) is -3.74. The van der Waals surface area contributed by atoms with Gasteiger partial charge in [0.1, 0.15) is 0 Å². The lowest BCUT2D eigenvalue weighted by Crippen LogP contribution is -2.15. The lowest BCUT2D eigenvalue weighted by atomic mass is 10.1. The van der Waals surface area contributed by atoms with Crippen LogP contribution in [0.4, 0.5) is 13.2 Å². The first-order valence-corrected chi connectivity index (χ1v) is 5.63. The van der Waals surface area contributed by atoms with E-state index in [0.717, 1.165) is 30.7 Å². The van der Waals surface area contributed by atoms with E-state index in [0.29, 0.717) is 12.1 Å². The summed E-state index contributed by atoms with van der Waals surface area (Å²) in [6, 6.07) is 2.00. The van der Waals surface area contributed by atoms with Crippen molar-refractivity contribution in [1.82, 2.24) is 5.32 Å². The number of halogens is 3. The first-order chi connectivity index (χ1) is 8.08. The molecule has 1 aromatic rings. The molecule has 1 rings (SSSR count). The molecule has 0 saturated carbocycles. The molecule has 0 aliphatic rings. The SMILES string of the molecule is CCNCC(=Cc1cc(F)c(F)c(F)c1)CC. The molecule has 17 heavy (non-hydrogen) atoms. The molecule has 0 bridgehead atoms. The Hall–Kier alpha value is -1.29. The number of nitrogens with one attached hydrogen (secondary N) is 1. The molecule has 0 aliphatic heterocycles. The molecule has 0 saturated heterocycles. The fourth-order valence-corrected chi connectivity index (χ4v) is 1.46. The highest BCUT2D eigenvalue weighted by molar-refractivity contribution is 5.53. The zero-order valence-electron chi connectivity index (χ0n) is 9.99. The highest BCUT2D eigenvalue weighted by Crippen LogP contribution is 2.16. The summed E-state index contributed by atoms with van der Waals surface area (Å²) in [5.41, 5.74) is 1.36. The van der Waals surface area contributed by atoms with Gasteiger partial charge in [-0.05, 0) is 30.7 Å². The van der Waals surface area contributed by atoms with Crippen LogP contribution in [0.2, 0.25) is 0 Å². The van der Waals surface area contributed by atoms with Gasteiger partial charge in [0.05, 0.1) is 0 Å². The van der Waals surface area contributed by atoms with Gasteiger partial charge in [-0.3, -0.25) is 0 Å². The Bertz CT molecular complexity index is 390. The van der Waals surface area contributed by atoms with Crippen molar-refractivity contribution in [3.63, 3.8) is 0 Å². The van der Waals surface area contributed by atoms with Gasteiger partial charge in [-0.25, -0.2) is 13.2 Å². The minimum absolute atomic E-state index is 0.344. The second kappa shape index (κ2) is 6.45. The molecule has 0 aromatic heterocycles. The first-order valence-electron chi connectivity index (χ1n) is 5.63. The third-order valence-electron chi connectivity index (χ3n) is 2.43. The minimum Gasteiger partial charge on any atom is -0.313 e. The van der Waals surface area contributed by atoms with Crippen molar-refractivity contribution >= 4 is 6.08 Å². The topological polar surface area (TPSA) is 12.0 Å². The number of benzene rings is 1. The van der Waals surface area contributed by atoms with Crippen LogP contribution < -0.4 is 5.32 Å². The molecule has 0 fully saturated rings. The van der Waals surface area contributed by atoms with Crippen LogP contribution in [0.25, 0.3) is 6.08 Å². The van der Waals surface area contributed by atoms with E-state index in [-0.39, 0.29) is 0 Å². The highest BCUT2D eigenvalue weighted by atomic mass is 19.2. The Labute approximate surface area is 99.3 Å². The summed E-state index contributed by atoms with van der Waals surface area (Å²) in [4.78, 5) is 0. The summed E-state index contributed by atoms with van der Waals surface area (Å²) >= 11 is 0. The third kappa shape index (κ3) is 3.89. The maximum absolute atomic E-state index is 13.0. The van der Waals surface area contributed by atoms with E-state index < -0.39 is 17.5 Å². The summed E-state index contributed by atoms with van der Waals surface area (Å²) in [6.07, 6.45) is 2.45. The van der Waals surface area contributed by atoms with Crippen LogP contribution in [0.5, 0.6) is 0 Å². The van der Waals surface area contributed by atoms with Crippen molar-refractivity contribution in [3.05, 3.63) is 40.7 Å². The zero-order valence-corrected chi connectivity index (χ0v) is 9.99. The van der Waals surface area contributed by atoms with Gasteiger partial charge in [0.25, 0.3) is 0 Å². The van der Waals surface area contributed by atoms with Gasteiger partial charge in [0.15, 0.2) is 17.5 Å². The predicted octanol–water partition coefficient (Wildman–Crippen LogP) is 3.51. The van der Waals surface area contributed by atoms with Crippen LogP contribution in [0, 0.1) is 17.5 Å². The van der Waals surface area contributed by atoms with E-state index in [1.165, 1.54) is 0 Å². The van der Waals surface area contributed by atoms with E-state index in [2.05, 4.69) is 5.32 Å². The molecule has 0 radical (unpaired) electrons. The number of hydrogen-bond acceptors (Lipinski definition) is 1. The average molecular weight is 243 g/mol. The minimum atomic E-state index is -1.42. The van der Waals surface area contributed by atoms with Gasteiger partial charge >= 0.3 is 0 Å². The summed E-state index contributed by atoms with van der Waals surface area (Å²) in [7, 11) is 0. The van der Waals surface area contributed by atoms with E-state index in [9.17, 15) is 13.2 Å². The monoisotopic (exact) mass is 243 g/mol. The Kier molecular flexibility index (Phi) is 5.22. The zero-order chi connectivity index (χ0) is 12.8. The van der Waals surface area contributed by atoms with E-state index >= 15 is 0 Å². The molecule has 1 aromatic carbocycles. The fraction of sp³-hybridized carbons (Fsp3) is 0.385. The molecule has 1 N–H and O–H groups in total. The van der Waals surface area contributed by atoms with Gasteiger partial charge < -0.3 is 5.32 Å². The second-order valence-electron chi connectivity index (χ2n) is 3.74. The van der Waals surface area contributed by atoms with Crippen molar-refractivity contribution in [1.29, 1.82) is 0 Å². The predicted molar refractivity (Wildman–Crippen MR) is 63.1 cm³/mol. The van der Waals surface area contributed by atoms with Gasteiger partial charge in [-0.1, -0.05) is 25.5 Å². The smallest absolute Gasteiger partial charge is 0.194 e. The molecule has 0 atom stereocenters. The van der Waals surface area contributed by atoms with E-state index in [1.54, 1.807) is 6.08 Å². The molecular formula is C13H16F3N. The maximum atomic E-state index is 13.0. The molecule has 0 unspecified atom stereocenters. The van der Waals surface area contributed by atoms with Crippen molar-refractivity contribution in [3.8, 4) is 0 Å². The average Bonchev–Trinajstić information content (AvgIpc) is 2.31. The van der Waals surface area contributed by atoms with Crippen LogP contribution in [0.1, 0.15) is 25.8 Å². The van der Waals surface area contributed by atoms with Crippen molar-refractivity contribution in [2.24, 2.45) is 0 Å². The second-order valence-corrected chi connectivity index (χ2v) is 3.74. The van der Waals surface area contributed by atoms with Crippen molar-refractivity contribution < 1.29 is 13.2 Å². The van der Waals surface area contributed by atoms with Crippen LogP contribution in [0.15, 0.2) is 17.7 Å². The van der Waals surface area contributed by atoms with Crippen LogP contribution in [0.3, 0.4) is 0 Å². The van der Waals surface area contributed by atoms with Gasteiger partial charge in [-0.15, -0.1) is 0 Å². The standard InChI is InChI=1S/C13H16F3N/c1-3-9(8-17-4-2)5-10-6-11(14)13(16)12(15)7-10/h5-7,17H,3-4,8H2,1-2H3. The number of likely N-dealkylation sites (N-methyl/N-ethyl adjacent to an activating group) is 1. The Morgan fingerprint density at radius 3 is 2.24 bits per heavy atom. The van der Waals surface area contributed by atoms with E-state index in [1.807, 2.05) is 13.8 Å². The summed E-state index contributed by atoms with van der Waals surface area (Å²) in [5, 5.41) is 3.13. The van der Waals surface area contributed by atoms with Crippen molar-refractivity contribution in [2.45, 2.75) is 20.3 Å². The van der Waals surface area contributed by atoms with Gasteiger partial charge in [0, 0.05) is 6.54 Å². The van der Waals surface area contributed by atoms with Crippen LogP contribution in [-0.2, 0) is 0 Å². The highest BCUT2D eigenvalue weighted by Gasteiger charge is 2.09. The molecule has 4 heteroatoms. The molecular weight excluding hydrogens is 227 g/mol. The first kappa shape index (κ1) is 13.8. The normalized spacial score (nSPS) is 11.9. The lowest BCUT2D eigenvalue weighted by molar-refractivity contribution is 0.447. The largest absolute Gasteiger partial charge is 0.313 e. The maximum Gasteiger partial charge on any atom is 0.194 e. The molecule has 0 amide bonds. The van der Waals surface area contributed by atoms with Crippen molar-refractivity contribution in [2.75, 3.05) is 13.1 Å². The molecule has 0 aliphatic carbocycles. The Balaban J connectivity index is 2.95. The van der Waals surface area contributed by atoms with Crippen LogP contribution >= 0.6 is 0 Å². The third-order valence-corrected chi connectivity index (χ3v) is 2.43. The Morgan fingerprint density at radius 1 is 1.18 bits per heavy atom. The molecule has 1 nitrogen and oxygen atoms in total. The van der Waals surface area contributed by atoms with Gasteiger partial charge in [0.2, 0.25) is 0 Å². The number of hydrogen-bond donors (Lipinski definition) is 1. The molecule has 0 spiro atoms. The number of rotatable bonds is 5. The van der Waals surface area contributed by atoms with E-state index in [4.69, 9.17) is 0 Å².